The van der Waals surface area contributed by atoms with Crippen LogP contribution in [0.5, 0.6) is 5.75 Å². The van der Waals surface area contributed by atoms with E-state index < -0.39 is 6.04 Å². The molecule has 0 radical (unpaired) electrons. The first-order valence-corrected chi connectivity index (χ1v) is 9.06. The summed E-state index contributed by atoms with van der Waals surface area (Å²) in [6, 6.07) is 6.88. The Kier molecular flexibility index (Phi) is 5.03. The molecule has 1 aromatic carbocycles. The van der Waals surface area contributed by atoms with E-state index in [1.807, 2.05) is 43.5 Å². The highest BCUT2D eigenvalue weighted by atomic mass is 32.1. The summed E-state index contributed by atoms with van der Waals surface area (Å²) in [6.45, 7) is 4.26. The standard InChI is InChI=1S/C18H21N3O3S/c1-11(2)7-15-17(22)21(18(23)20-15)9-13-10-25-16(19-13)12-5-4-6-14(8-12)24-3/h4-6,8,10-11,15H,7,9H2,1-3H3,(H,20,23). The van der Waals surface area contributed by atoms with Gasteiger partial charge in [-0.25, -0.2) is 9.78 Å². The Labute approximate surface area is 150 Å². The summed E-state index contributed by atoms with van der Waals surface area (Å²) in [4.78, 5) is 30.3. The molecule has 3 rings (SSSR count). The molecule has 1 unspecified atom stereocenters. The van der Waals surface area contributed by atoms with Crippen LogP contribution in [-0.4, -0.2) is 35.0 Å². The fourth-order valence-electron chi connectivity index (χ4n) is 2.79. The molecule has 1 aliphatic rings. The zero-order chi connectivity index (χ0) is 18.0. The number of ether oxygens (including phenoxy) is 1. The molecule has 0 bridgehead atoms. The first-order valence-electron chi connectivity index (χ1n) is 8.18. The molecule has 0 spiro atoms. The predicted molar refractivity (Wildman–Crippen MR) is 96.4 cm³/mol. The first kappa shape index (κ1) is 17.4. The van der Waals surface area contributed by atoms with Crippen molar-refractivity contribution in [3.8, 4) is 16.3 Å². The largest absolute Gasteiger partial charge is 0.497 e. The van der Waals surface area contributed by atoms with Gasteiger partial charge in [0.25, 0.3) is 5.91 Å². The molecule has 1 aromatic heterocycles. The fraction of sp³-hybridized carbons (Fsp3) is 0.389. The third kappa shape index (κ3) is 3.82. The maximum Gasteiger partial charge on any atom is 0.325 e. The van der Waals surface area contributed by atoms with Crippen LogP contribution in [0.25, 0.3) is 10.6 Å². The molecule has 7 heteroatoms. The smallest absolute Gasteiger partial charge is 0.325 e. The molecular formula is C18H21N3O3S. The molecule has 1 saturated heterocycles. The minimum absolute atomic E-state index is 0.172. The summed E-state index contributed by atoms with van der Waals surface area (Å²) < 4.78 is 5.23. The average Bonchev–Trinajstić information content (AvgIpc) is 3.15. The van der Waals surface area contributed by atoms with Crippen molar-refractivity contribution in [3.05, 3.63) is 35.3 Å². The van der Waals surface area contributed by atoms with E-state index >= 15 is 0 Å². The molecule has 2 aromatic rings. The summed E-state index contributed by atoms with van der Waals surface area (Å²) in [5, 5.41) is 5.47. The van der Waals surface area contributed by atoms with Gasteiger partial charge in [0.05, 0.1) is 19.3 Å². The van der Waals surface area contributed by atoms with Gasteiger partial charge in [0.15, 0.2) is 0 Å². The number of urea groups is 1. The zero-order valence-electron chi connectivity index (χ0n) is 14.5. The van der Waals surface area contributed by atoms with Gasteiger partial charge in [0.1, 0.15) is 16.8 Å². The number of nitrogens with one attached hydrogen (secondary N) is 1. The van der Waals surface area contributed by atoms with Crippen molar-refractivity contribution < 1.29 is 14.3 Å². The number of nitrogens with zero attached hydrogens (tertiary/aromatic N) is 2. The van der Waals surface area contributed by atoms with E-state index in [1.165, 1.54) is 16.2 Å². The van der Waals surface area contributed by atoms with Gasteiger partial charge in [-0.15, -0.1) is 11.3 Å². The molecule has 132 valence electrons. The van der Waals surface area contributed by atoms with Crippen molar-refractivity contribution >= 4 is 23.3 Å². The van der Waals surface area contributed by atoms with Crippen LogP contribution < -0.4 is 10.1 Å². The number of benzene rings is 1. The molecule has 6 nitrogen and oxygen atoms in total. The van der Waals surface area contributed by atoms with Crippen molar-refractivity contribution in [2.75, 3.05) is 7.11 Å². The van der Waals surface area contributed by atoms with E-state index in [0.29, 0.717) is 18.0 Å². The van der Waals surface area contributed by atoms with E-state index in [4.69, 9.17) is 4.74 Å². The maximum atomic E-state index is 12.4. The summed E-state index contributed by atoms with van der Waals surface area (Å²) >= 11 is 1.48. The SMILES string of the molecule is COc1cccc(-c2nc(CN3C(=O)NC(CC(C)C)C3=O)cs2)c1. The third-order valence-electron chi connectivity index (χ3n) is 4.00. The molecule has 2 heterocycles. The number of amides is 3. The highest BCUT2D eigenvalue weighted by Crippen LogP contribution is 2.27. The molecule has 1 aliphatic heterocycles. The van der Waals surface area contributed by atoms with Gasteiger partial charge in [-0.3, -0.25) is 9.69 Å². The topological polar surface area (TPSA) is 71.5 Å². The minimum atomic E-state index is -0.427. The second-order valence-electron chi connectivity index (χ2n) is 6.43. The van der Waals surface area contributed by atoms with Crippen LogP contribution in [0.4, 0.5) is 4.79 Å². The molecule has 1 fully saturated rings. The lowest BCUT2D eigenvalue weighted by Gasteiger charge is -2.12. The number of thiazole rings is 1. The van der Waals surface area contributed by atoms with E-state index in [1.54, 1.807) is 7.11 Å². The van der Waals surface area contributed by atoms with E-state index in [0.717, 1.165) is 16.3 Å². The van der Waals surface area contributed by atoms with Crippen molar-refractivity contribution in [2.24, 2.45) is 5.92 Å². The van der Waals surface area contributed by atoms with Gasteiger partial charge in [-0.1, -0.05) is 26.0 Å². The van der Waals surface area contributed by atoms with Crippen LogP contribution in [0.3, 0.4) is 0 Å². The number of rotatable bonds is 6. The van der Waals surface area contributed by atoms with Crippen molar-refractivity contribution in [3.63, 3.8) is 0 Å². The van der Waals surface area contributed by atoms with Crippen LogP contribution in [0, 0.1) is 5.92 Å². The molecule has 1 N–H and O–H groups in total. The number of methoxy groups -OCH3 is 1. The Morgan fingerprint density at radius 1 is 1.36 bits per heavy atom. The monoisotopic (exact) mass is 359 g/mol. The van der Waals surface area contributed by atoms with Gasteiger partial charge in [-0.2, -0.15) is 0 Å². The van der Waals surface area contributed by atoms with Gasteiger partial charge >= 0.3 is 6.03 Å². The van der Waals surface area contributed by atoms with Crippen LogP contribution in [-0.2, 0) is 11.3 Å². The Morgan fingerprint density at radius 2 is 2.16 bits per heavy atom. The predicted octanol–water partition coefficient (Wildman–Crippen LogP) is 3.29. The molecule has 3 amide bonds. The second-order valence-corrected chi connectivity index (χ2v) is 7.29. The maximum absolute atomic E-state index is 12.4. The normalized spacial score (nSPS) is 17.3. The zero-order valence-corrected chi connectivity index (χ0v) is 15.3. The molecule has 0 saturated carbocycles. The minimum Gasteiger partial charge on any atom is -0.497 e. The summed E-state index contributed by atoms with van der Waals surface area (Å²) in [5.41, 5.74) is 1.65. The van der Waals surface area contributed by atoms with Crippen LogP contribution >= 0.6 is 11.3 Å². The molecular weight excluding hydrogens is 338 g/mol. The van der Waals surface area contributed by atoms with Gasteiger partial charge in [0, 0.05) is 10.9 Å². The van der Waals surface area contributed by atoms with Crippen LogP contribution in [0.2, 0.25) is 0 Å². The fourth-order valence-corrected chi connectivity index (χ4v) is 3.60. The molecule has 25 heavy (non-hydrogen) atoms. The highest BCUT2D eigenvalue weighted by molar-refractivity contribution is 7.13. The van der Waals surface area contributed by atoms with Gasteiger partial charge < -0.3 is 10.1 Å². The van der Waals surface area contributed by atoms with E-state index in [2.05, 4.69) is 10.3 Å². The number of hydrogen-bond donors (Lipinski definition) is 1. The third-order valence-corrected chi connectivity index (χ3v) is 4.94. The Balaban J connectivity index is 1.73. The highest BCUT2D eigenvalue weighted by Gasteiger charge is 2.38. The number of carbonyl (C=O) groups excluding carboxylic acids is 2. The quantitative estimate of drug-likeness (QED) is 0.804. The summed E-state index contributed by atoms with van der Waals surface area (Å²) in [6.07, 6.45) is 0.646. The van der Waals surface area contributed by atoms with E-state index in [9.17, 15) is 9.59 Å². The Hall–Kier alpha value is -2.41. The Morgan fingerprint density at radius 3 is 2.88 bits per heavy atom. The molecule has 1 atom stereocenters. The number of imide groups is 1. The van der Waals surface area contributed by atoms with Crippen molar-refractivity contribution in [1.29, 1.82) is 0 Å². The second kappa shape index (κ2) is 7.23. The average molecular weight is 359 g/mol. The number of aromatic nitrogens is 1. The lowest BCUT2D eigenvalue weighted by molar-refractivity contribution is -0.128. The van der Waals surface area contributed by atoms with Crippen LogP contribution in [0.15, 0.2) is 29.6 Å². The summed E-state index contributed by atoms with van der Waals surface area (Å²) in [5.74, 6) is 0.933. The lowest BCUT2D eigenvalue weighted by Crippen LogP contribution is -2.31. The van der Waals surface area contributed by atoms with Crippen molar-refractivity contribution in [2.45, 2.75) is 32.9 Å². The van der Waals surface area contributed by atoms with Crippen LogP contribution in [0.1, 0.15) is 26.0 Å². The van der Waals surface area contributed by atoms with Crippen molar-refractivity contribution in [1.82, 2.24) is 15.2 Å². The first-order chi connectivity index (χ1) is 12.0. The summed E-state index contributed by atoms with van der Waals surface area (Å²) in [7, 11) is 1.62. The Bertz CT molecular complexity index is 787. The number of hydrogen-bond acceptors (Lipinski definition) is 5. The van der Waals surface area contributed by atoms with Gasteiger partial charge in [0.2, 0.25) is 0 Å². The van der Waals surface area contributed by atoms with E-state index in [-0.39, 0.29) is 18.5 Å². The van der Waals surface area contributed by atoms with Gasteiger partial charge in [-0.05, 0) is 24.5 Å². The molecule has 0 aliphatic carbocycles. The number of carbonyl (C=O) groups is 2. The lowest BCUT2D eigenvalue weighted by atomic mass is 10.0.